The third-order valence-electron chi connectivity index (χ3n) is 3.00. The fraction of sp³-hybridized carbons (Fsp3) is 0.636. The van der Waals surface area contributed by atoms with Gasteiger partial charge in [0.05, 0.1) is 12.6 Å². The predicted molar refractivity (Wildman–Crippen MR) is 61.3 cm³/mol. The number of alkyl halides is 2. The van der Waals surface area contributed by atoms with Crippen molar-refractivity contribution in [2.24, 2.45) is 0 Å². The van der Waals surface area contributed by atoms with Crippen LogP contribution in [0.4, 0.5) is 8.78 Å². The summed E-state index contributed by atoms with van der Waals surface area (Å²) in [4.78, 5) is 15.7. The maximum absolute atomic E-state index is 12.9. The van der Waals surface area contributed by atoms with Crippen LogP contribution in [0.1, 0.15) is 12.2 Å². The van der Waals surface area contributed by atoms with E-state index in [-0.39, 0.29) is 5.91 Å². The fourth-order valence-electron chi connectivity index (χ4n) is 1.96. The molecule has 100 valence electrons. The first-order valence-corrected chi connectivity index (χ1v) is 5.85. The van der Waals surface area contributed by atoms with Crippen LogP contribution in [0.3, 0.4) is 0 Å². The summed E-state index contributed by atoms with van der Waals surface area (Å²) in [5.74, 6) is -2.29. The first-order valence-electron chi connectivity index (χ1n) is 5.85. The number of halogens is 2. The quantitative estimate of drug-likeness (QED) is 0.817. The first kappa shape index (κ1) is 12.9. The van der Waals surface area contributed by atoms with Gasteiger partial charge >= 0.3 is 0 Å². The van der Waals surface area contributed by atoms with Gasteiger partial charge in [0.1, 0.15) is 5.82 Å². The van der Waals surface area contributed by atoms with Crippen molar-refractivity contribution in [3.8, 4) is 0 Å². The van der Waals surface area contributed by atoms with Crippen molar-refractivity contribution >= 4 is 5.91 Å². The molecule has 2 N–H and O–H groups in total. The van der Waals surface area contributed by atoms with Crippen molar-refractivity contribution in [1.82, 2.24) is 20.2 Å². The maximum Gasteiger partial charge on any atom is 0.262 e. The molecule has 0 spiro atoms. The average molecular weight is 258 g/mol. The number of carbonyl (C=O) groups is 1. The number of imidazole rings is 1. The summed E-state index contributed by atoms with van der Waals surface area (Å²) in [6.07, 6.45) is 3.06. The van der Waals surface area contributed by atoms with Crippen molar-refractivity contribution in [3.63, 3.8) is 0 Å². The van der Waals surface area contributed by atoms with Gasteiger partial charge in [0.25, 0.3) is 5.92 Å². The number of aromatic nitrogens is 2. The first-order chi connectivity index (χ1) is 8.48. The van der Waals surface area contributed by atoms with E-state index in [0.29, 0.717) is 13.1 Å². The van der Waals surface area contributed by atoms with Crippen molar-refractivity contribution in [3.05, 3.63) is 18.2 Å². The maximum atomic E-state index is 12.9. The summed E-state index contributed by atoms with van der Waals surface area (Å²) >= 11 is 0. The molecule has 1 saturated heterocycles. The van der Waals surface area contributed by atoms with E-state index in [9.17, 15) is 13.6 Å². The molecule has 1 aliphatic heterocycles. The van der Waals surface area contributed by atoms with Gasteiger partial charge in [-0.1, -0.05) is 0 Å². The van der Waals surface area contributed by atoms with E-state index in [1.165, 1.54) is 0 Å². The van der Waals surface area contributed by atoms with Gasteiger partial charge in [0, 0.05) is 31.9 Å². The molecule has 2 heterocycles. The van der Waals surface area contributed by atoms with E-state index in [2.05, 4.69) is 15.6 Å². The van der Waals surface area contributed by atoms with Crippen LogP contribution in [0.2, 0.25) is 0 Å². The van der Waals surface area contributed by atoms with Gasteiger partial charge in [-0.25, -0.2) is 13.8 Å². The highest BCUT2D eigenvalue weighted by Gasteiger charge is 2.42. The molecule has 18 heavy (non-hydrogen) atoms. The van der Waals surface area contributed by atoms with Crippen molar-refractivity contribution < 1.29 is 13.6 Å². The SMILES string of the molecule is Cc1nccn1CCNC(=O)C1CC(F)(F)CN1. The van der Waals surface area contributed by atoms with Gasteiger partial charge in [0.2, 0.25) is 5.91 Å². The van der Waals surface area contributed by atoms with E-state index < -0.39 is 24.9 Å². The van der Waals surface area contributed by atoms with Gasteiger partial charge in [-0.15, -0.1) is 0 Å². The Balaban J connectivity index is 1.74. The molecule has 1 amide bonds. The van der Waals surface area contributed by atoms with Crippen LogP contribution in [0.25, 0.3) is 0 Å². The topological polar surface area (TPSA) is 59.0 Å². The molecule has 0 aromatic carbocycles. The smallest absolute Gasteiger partial charge is 0.262 e. The minimum absolute atomic E-state index is 0.370. The molecule has 0 aliphatic carbocycles. The van der Waals surface area contributed by atoms with Gasteiger partial charge < -0.3 is 9.88 Å². The highest BCUT2D eigenvalue weighted by Crippen LogP contribution is 2.24. The van der Waals surface area contributed by atoms with E-state index >= 15 is 0 Å². The molecule has 2 rings (SSSR count). The monoisotopic (exact) mass is 258 g/mol. The molecular formula is C11H16F2N4O. The molecule has 1 atom stereocenters. The standard InChI is InChI=1S/C11H16F2N4O/c1-8-14-2-4-17(8)5-3-15-10(18)9-6-11(12,13)7-16-9/h2,4,9,16H,3,5-7H2,1H3,(H,15,18). The van der Waals surface area contributed by atoms with E-state index in [1.807, 2.05) is 17.7 Å². The predicted octanol–water partition coefficient (Wildman–Crippen LogP) is 0.305. The minimum atomic E-state index is -2.77. The Kier molecular flexibility index (Phi) is 3.60. The molecule has 1 aromatic heterocycles. The molecule has 1 unspecified atom stereocenters. The minimum Gasteiger partial charge on any atom is -0.353 e. The molecule has 5 nitrogen and oxygen atoms in total. The van der Waals surface area contributed by atoms with Crippen LogP contribution in [0.5, 0.6) is 0 Å². The third-order valence-corrected chi connectivity index (χ3v) is 3.00. The zero-order chi connectivity index (χ0) is 13.2. The van der Waals surface area contributed by atoms with Gasteiger partial charge in [-0.05, 0) is 6.92 Å². The van der Waals surface area contributed by atoms with E-state index in [0.717, 1.165) is 5.82 Å². The van der Waals surface area contributed by atoms with Gasteiger partial charge in [0.15, 0.2) is 0 Å². The number of aryl methyl sites for hydroxylation is 1. The lowest BCUT2D eigenvalue weighted by molar-refractivity contribution is -0.123. The van der Waals surface area contributed by atoms with Crippen LogP contribution in [0.15, 0.2) is 12.4 Å². The van der Waals surface area contributed by atoms with Crippen LogP contribution in [-0.2, 0) is 11.3 Å². The van der Waals surface area contributed by atoms with Gasteiger partial charge in [-0.3, -0.25) is 10.1 Å². The van der Waals surface area contributed by atoms with Crippen molar-refractivity contribution in [2.75, 3.05) is 13.1 Å². The van der Waals surface area contributed by atoms with Crippen LogP contribution in [-0.4, -0.2) is 40.5 Å². The number of nitrogens with zero attached hydrogens (tertiary/aromatic N) is 2. The molecule has 0 radical (unpaired) electrons. The third kappa shape index (κ3) is 3.04. The summed E-state index contributed by atoms with van der Waals surface area (Å²) in [5, 5.41) is 5.16. The Labute approximate surface area is 104 Å². The number of nitrogens with one attached hydrogen (secondary N) is 2. The largest absolute Gasteiger partial charge is 0.353 e. The number of hydrogen-bond acceptors (Lipinski definition) is 3. The Bertz CT molecular complexity index is 432. The van der Waals surface area contributed by atoms with Gasteiger partial charge in [-0.2, -0.15) is 0 Å². The second kappa shape index (κ2) is 5.01. The highest BCUT2D eigenvalue weighted by molar-refractivity contribution is 5.82. The number of carbonyl (C=O) groups excluding carboxylic acids is 1. The lowest BCUT2D eigenvalue weighted by Crippen LogP contribution is -2.41. The Hall–Kier alpha value is -1.50. The number of hydrogen-bond donors (Lipinski definition) is 2. The molecule has 1 aromatic rings. The number of rotatable bonds is 4. The Morgan fingerprint density at radius 1 is 1.72 bits per heavy atom. The van der Waals surface area contributed by atoms with Crippen LogP contribution in [0, 0.1) is 6.92 Å². The lowest BCUT2D eigenvalue weighted by Gasteiger charge is -2.11. The number of amides is 1. The van der Waals surface area contributed by atoms with Crippen molar-refractivity contribution in [2.45, 2.75) is 31.9 Å². The highest BCUT2D eigenvalue weighted by atomic mass is 19.3. The summed E-state index contributed by atoms with van der Waals surface area (Å²) in [6, 6.07) is -0.788. The molecule has 0 bridgehead atoms. The Morgan fingerprint density at radius 2 is 2.50 bits per heavy atom. The molecule has 7 heteroatoms. The lowest BCUT2D eigenvalue weighted by atomic mass is 10.2. The second-order valence-electron chi connectivity index (χ2n) is 4.45. The second-order valence-corrected chi connectivity index (χ2v) is 4.45. The summed E-state index contributed by atoms with van der Waals surface area (Å²) < 4.78 is 27.7. The zero-order valence-corrected chi connectivity index (χ0v) is 10.1. The van der Waals surface area contributed by atoms with Crippen LogP contribution < -0.4 is 10.6 Å². The zero-order valence-electron chi connectivity index (χ0n) is 10.1. The molecule has 1 fully saturated rings. The van der Waals surface area contributed by atoms with E-state index in [1.54, 1.807) is 6.20 Å². The van der Waals surface area contributed by atoms with E-state index in [4.69, 9.17) is 0 Å². The average Bonchev–Trinajstić information content (AvgIpc) is 2.85. The summed E-state index contributed by atoms with van der Waals surface area (Å²) in [6.45, 7) is 2.42. The Morgan fingerprint density at radius 3 is 3.06 bits per heavy atom. The normalized spacial score (nSPS) is 22.1. The molecular weight excluding hydrogens is 242 g/mol. The molecule has 0 saturated carbocycles. The summed E-state index contributed by atoms with van der Waals surface area (Å²) in [7, 11) is 0. The summed E-state index contributed by atoms with van der Waals surface area (Å²) in [5.41, 5.74) is 0. The fourth-order valence-corrected chi connectivity index (χ4v) is 1.96. The van der Waals surface area contributed by atoms with Crippen LogP contribution >= 0.6 is 0 Å². The van der Waals surface area contributed by atoms with Crippen molar-refractivity contribution in [1.29, 1.82) is 0 Å². The molecule has 1 aliphatic rings.